The minimum absolute atomic E-state index is 0.214. The van der Waals surface area contributed by atoms with Crippen molar-refractivity contribution >= 4 is 44.4 Å². The van der Waals surface area contributed by atoms with Crippen molar-refractivity contribution in [2.45, 2.75) is 0 Å². The maximum absolute atomic E-state index is 13.2. The normalized spacial score (nSPS) is 11.3. The summed E-state index contributed by atoms with van der Waals surface area (Å²) >= 11 is 2.33. The van der Waals surface area contributed by atoms with Crippen LogP contribution >= 0.6 is 22.6 Å². The number of aromatic nitrogens is 1. The Balaban J connectivity index is 2.17. The molecule has 0 unspecified atom stereocenters. The molecule has 1 heterocycles. The van der Waals surface area contributed by atoms with Gasteiger partial charge in [-0.3, -0.25) is 0 Å². The second-order valence-corrected chi connectivity index (χ2v) is 6.24. The Hall–Kier alpha value is -1.88. The summed E-state index contributed by atoms with van der Waals surface area (Å²) in [5.74, 6) is -0.214. The molecule has 0 N–H and O–H groups in total. The van der Waals surface area contributed by atoms with Crippen molar-refractivity contribution in [2.75, 3.05) is 0 Å². The number of hydrogen-bond donors (Lipinski definition) is 0. The van der Waals surface area contributed by atoms with Crippen LogP contribution in [-0.4, -0.2) is 4.57 Å². The van der Waals surface area contributed by atoms with Crippen LogP contribution in [0.1, 0.15) is 0 Å². The molecule has 4 rings (SSSR count). The van der Waals surface area contributed by atoms with Gasteiger partial charge in [0.15, 0.2) is 0 Å². The summed E-state index contributed by atoms with van der Waals surface area (Å²) < 4.78 is 16.6. The van der Waals surface area contributed by atoms with E-state index < -0.39 is 0 Å². The Labute approximate surface area is 135 Å². The fourth-order valence-electron chi connectivity index (χ4n) is 2.81. The fraction of sp³-hybridized carbons (Fsp3) is 0. The standard InChI is InChI=1S/C18H11FIN/c19-12-5-8-14(9-6-12)21-17-4-2-1-3-15(17)16-11-13(20)7-10-18(16)21/h1-11H. The predicted molar refractivity (Wildman–Crippen MR) is 93.5 cm³/mol. The van der Waals surface area contributed by atoms with Crippen LogP contribution in [0, 0.1) is 9.39 Å². The van der Waals surface area contributed by atoms with Crippen LogP contribution in [0.3, 0.4) is 0 Å². The van der Waals surface area contributed by atoms with E-state index in [4.69, 9.17) is 0 Å². The quantitative estimate of drug-likeness (QED) is 0.379. The number of para-hydroxylation sites is 1. The molecular weight excluding hydrogens is 376 g/mol. The Morgan fingerprint density at radius 3 is 2.29 bits per heavy atom. The molecule has 0 bridgehead atoms. The summed E-state index contributed by atoms with van der Waals surface area (Å²) in [5, 5.41) is 2.44. The molecule has 0 aliphatic rings. The number of benzene rings is 3. The van der Waals surface area contributed by atoms with Crippen molar-refractivity contribution in [1.29, 1.82) is 0 Å². The van der Waals surface area contributed by atoms with Gasteiger partial charge in [0.2, 0.25) is 0 Å². The lowest BCUT2D eigenvalue weighted by molar-refractivity contribution is 0.627. The molecule has 0 fully saturated rings. The molecule has 0 saturated heterocycles. The third-order valence-corrected chi connectivity index (χ3v) is 4.39. The van der Waals surface area contributed by atoms with E-state index in [1.807, 2.05) is 18.2 Å². The number of fused-ring (bicyclic) bond motifs is 3. The van der Waals surface area contributed by atoms with Gasteiger partial charge in [-0.2, -0.15) is 0 Å². The first-order chi connectivity index (χ1) is 10.2. The fourth-order valence-corrected chi connectivity index (χ4v) is 3.30. The van der Waals surface area contributed by atoms with E-state index in [0.29, 0.717) is 0 Å². The van der Waals surface area contributed by atoms with Crippen LogP contribution in [0.4, 0.5) is 4.39 Å². The van der Waals surface area contributed by atoms with Crippen molar-refractivity contribution in [2.24, 2.45) is 0 Å². The first-order valence-electron chi connectivity index (χ1n) is 6.69. The molecule has 0 saturated carbocycles. The average molecular weight is 387 g/mol. The van der Waals surface area contributed by atoms with E-state index in [9.17, 15) is 4.39 Å². The maximum atomic E-state index is 13.2. The maximum Gasteiger partial charge on any atom is 0.123 e. The zero-order chi connectivity index (χ0) is 14.4. The highest BCUT2D eigenvalue weighted by Gasteiger charge is 2.11. The highest BCUT2D eigenvalue weighted by Crippen LogP contribution is 2.32. The highest BCUT2D eigenvalue weighted by molar-refractivity contribution is 14.1. The largest absolute Gasteiger partial charge is 0.309 e. The lowest BCUT2D eigenvalue weighted by Gasteiger charge is -2.07. The van der Waals surface area contributed by atoms with Gasteiger partial charge in [-0.05, 0) is 71.1 Å². The summed E-state index contributed by atoms with van der Waals surface area (Å²) in [4.78, 5) is 0. The molecule has 0 atom stereocenters. The molecule has 3 aromatic carbocycles. The monoisotopic (exact) mass is 387 g/mol. The summed E-state index contributed by atoms with van der Waals surface area (Å²) in [6.45, 7) is 0. The van der Waals surface area contributed by atoms with Crippen LogP contribution in [-0.2, 0) is 0 Å². The molecular formula is C18H11FIN. The van der Waals surface area contributed by atoms with E-state index in [-0.39, 0.29) is 5.82 Å². The van der Waals surface area contributed by atoms with Gasteiger partial charge in [0, 0.05) is 20.0 Å². The van der Waals surface area contributed by atoms with Crippen LogP contribution < -0.4 is 0 Å². The molecule has 102 valence electrons. The molecule has 0 spiro atoms. The molecule has 21 heavy (non-hydrogen) atoms. The van der Waals surface area contributed by atoms with E-state index in [1.165, 1.54) is 26.5 Å². The molecule has 3 heteroatoms. The Morgan fingerprint density at radius 1 is 0.762 bits per heavy atom. The Kier molecular flexibility index (Phi) is 2.96. The van der Waals surface area contributed by atoms with Gasteiger partial charge in [0.1, 0.15) is 5.82 Å². The summed E-state index contributed by atoms with van der Waals surface area (Å²) in [5.41, 5.74) is 3.26. The van der Waals surface area contributed by atoms with Gasteiger partial charge in [0.25, 0.3) is 0 Å². The molecule has 1 nitrogen and oxygen atoms in total. The minimum atomic E-state index is -0.214. The smallest absolute Gasteiger partial charge is 0.123 e. The summed E-state index contributed by atoms with van der Waals surface area (Å²) in [6, 6.07) is 21.4. The van der Waals surface area contributed by atoms with Gasteiger partial charge >= 0.3 is 0 Å². The van der Waals surface area contributed by atoms with Gasteiger partial charge in [0.05, 0.1) is 11.0 Å². The highest BCUT2D eigenvalue weighted by atomic mass is 127. The number of rotatable bonds is 1. The lowest BCUT2D eigenvalue weighted by Crippen LogP contribution is -1.93. The SMILES string of the molecule is Fc1ccc(-n2c3ccccc3c3cc(I)ccc32)cc1. The molecule has 0 aliphatic heterocycles. The lowest BCUT2D eigenvalue weighted by atomic mass is 10.2. The first kappa shape index (κ1) is 12.8. The number of halogens is 2. The Bertz CT molecular complexity index is 954. The number of hydrogen-bond acceptors (Lipinski definition) is 0. The van der Waals surface area contributed by atoms with E-state index in [1.54, 1.807) is 0 Å². The van der Waals surface area contributed by atoms with Crippen LogP contribution in [0.25, 0.3) is 27.5 Å². The zero-order valence-electron chi connectivity index (χ0n) is 11.1. The van der Waals surface area contributed by atoms with Crippen molar-refractivity contribution in [3.05, 3.63) is 76.1 Å². The predicted octanol–water partition coefficient (Wildman–Crippen LogP) is 5.53. The second kappa shape index (κ2) is 4.84. The minimum Gasteiger partial charge on any atom is -0.309 e. The first-order valence-corrected chi connectivity index (χ1v) is 7.76. The van der Waals surface area contributed by atoms with Gasteiger partial charge in [-0.1, -0.05) is 18.2 Å². The number of nitrogens with zero attached hydrogens (tertiary/aromatic N) is 1. The average Bonchev–Trinajstić information content (AvgIpc) is 2.82. The van der Waals surface area contributed by atoms with Gasteiger partial charge in [-0.15, -0.1) is 0 Å². The summed E-state index contributed by atoms with van der Waals surface area (Å²) in [7, 11) is 0. The summed E-state index contributed by atoms with van der Waals surface area (Å²) in [6.07, 6.45) is 0. The van der Waals surface area contributed by atoms with E-state index in [2.05, 4.69) is 63.6 Å². The third-order valence-electron chi connectivity index (χ3n) is 3.72. The molecule has 1 aromatic heterocycles. The Morgan fingerprint density at radius 2 is 1.48 bits per heavy atom. The van der Waals surface area contributed by atoms with E-state index in [0.717, 1.165) is 16.7 Å². The second-order valence-electron chi connectivity index (χ2n) is 4.99. The zero-order valence-corrected chi connectivity index (χ0v) is 13.2. The van der Waals surface area contributed by atoms with Crippen LogP contribution in [0.2, 0.25) is 0 Å². The van der Waals surface area contributed by atoms with Crippen molar-refractivity contribution in [3.8, 4) is 5.69 Å². The van der Waals surface area contributed by atoms with Crippen LogP contribution in [0.5, 0.6) is 0 Å². The van der Waals surface area contributed by atoms with Crippen molar-refractivity contribution in [3.63, 3.8) is 0 Å². The molecule has 0 radical (unpaired) electrons. The van der Waals surface area contributed by atoms with Crippen molar-refractivity contribution in [1.82, 2.24) is 4.57 Å². The van der Waals surface area contributed by atoms with Gasteiger partial charge < -0.3 is 4.57 Å². The topological polar surface area (TPSA) is 4.93 Å². The molecule has 0 aliphatic carbocycles. The van der Waals surface area contributed by atoms with E-state index >= 15 is 0 Å². The third kappa shape index (κ3) is 2.03. The molecule has 4 aromatic rings. The molecule has 0 amide bonds. The van der Waals surface area contributed by atoms with Crippen molar-refractivity contribution < 1.29 is 4.39 Å². The van der Waals surface area contributed by atoms with Gasteiger partial charge in [-0.25, -0.2) is 4.39 Å². The van der Waals surface area contributed by atoms with Crippen LogP contribution in [0.15, 0.2) is 66.7 Å².